The summed E-state index contributed by atoms with van der Waals surface area (Å²) in [4.78, 5) is 23.0. The van der Waals surface area contributed by atoms with E-state index in [4.69, 9.17) is 18.3 Å². The third kappa shape index (κ3) is 2.95. The van der Waals surface area contributed by atoms with Gasteiger partial charge in [0.05, 0.1) is 24.7 Å². The number of ether oxygens (including phenoxy) is 2. The van der Waals surface area contributed by atoms with Crippen molar-refractivity contribution in [1.82, 2.24) is 0 Å². The molecule has 0 saturated heterocycles. The van der Waals surface area contributed by atoms with Gasteiger partial charge in [-0.15, -0.1) is 0 Å². The van der Waals surface area contributed by atoms with Crippen molar-refractivity contribution in [2.45, 2.75) is 6.92 Å². The second-order valence-corrected chi connectivity index (χ2v) is 4.61. The molecule has 7 nitrogen and oxygen atoms in total. The van der Waals surface area contributed by atoms with Crippen LogP contribution in [0.4, 0.5) is 0 Å². The Morgan fingerprint density at radius 3 is 2.70 bits per heavy atom. The van der Waals surface area contributed by atoms with E-state index >= 15 is 0 Å². The van der Waals surface area contributed by atoms with Crippen molar-refractivity contribution in [3.05, 3.63) is 34.4 Å². The first-order valence-corrected chi connectivity index (χ1v) is 6.37. The Bertz CT molecular complexity index is 938. The topological polar surface area (TPSA) is 102 Å². The Kier molecular flexibility index (Phi) is 5.03. The molecule has 0 spiro atoms. The Labute approximate surface area is 152 Å². The average Bonchev–Trinajstić information content (AvgIpc) is 2.92. The summed E-state index contributed by atoms with van der Waals surface area (Å²) in [5.41, 5.74) is 0.0777. The zero-order valence-electron chi connectivity index (χ0n) is 12.8. The predicted molar refractivity (Wildman–Crippen MR) is 74.0 cm³/mol. The molecule has 8 heteroatoms. The second kappa shape index (κ2) is 6.66. The largest absolute Gasteiger partial charge is 1.00 e. The minimum absolute atomic E-state index is 0. The van der Waals surface area contributed by atoms with Crippen LogP contribution in [0.1, 0.15) is 5.76 Å². The molecule has 0 atom stereocenters. The van der Waals surface area contributed by atoms with Crippen molar-refractivity contribution >= 4 is 27.9 Å². The number of aryl methyl sites for hydroxylation is 1. The smallest absolute Gasteiger partial charge is 0.546 e. The molecule has 0 fully saturated rings. The van der Waals surface area contributed by atoms with Gasteiger partial charge in [-0.25, -0.2) is 0 Å². The molecule has 114 valence electrons. The number of furan rings is 1. The van der Waals surface area contributed by atoms with Gasteiger partial charge in [0.25, 0.3) is 0 Å². The number of carboxylic acid groups (broad SMARTS) is 1. The van der Waals surface area contributed by atoms with Gasteiger partial charge >= 0.3 is 29.6 Å². The monoisotopic (exact) mass is 326 g/mol. The Morgan fingerprint density at radius 1 is 1.30 bits per heavy atom. The van der Waals surface area contributed by atoms with Gasteiger partial charge in [0.15, 0.2) is 16.6 Å². The number of hydrogen-bond acceptors (Lipinski definition) is 7. The summed E-state index contributed by atoms with van der Waals surface area (Å²) in [7, 11) is 1.42. The number of benzene rings is 1. The number of carbonyl (C=O) groups is 1. The molecule has 0 aliphatic carbocycles. The number of rotatable bonds is 4. The van der Waals surface area contributed by atoms with Crippen molar-refractivity contribution in [3.63, 3.8) is 0 Å². The van der Waals surface area contributed by atoms with Crippen molar-refractivity contribution in [3.8, 4) is 11.5 Å². The summed E-state index contributed by atoms with van der Waals surface area (Å²) in [6.07, 6.45) is 1.38. The number of carbonyl (C=O) groups excluding carboxylic acids is 1. The van der Waals surface area contributed by atoms with E-state index in [1.165, 1.54) is 19.4 Å². The molecule has 0 radical (unpaired) electrons. The summed E-state index contributed by atoms with van der Waals surface area (Å²) >= 11 is 0. The van der Waals surface area contributed by atoms with E-state index in [1.807, 2.05) is 0 Å². The van der Waals surface area contributed by atoms with Crippen LogP contribution in [0.5, 0.6) is 11.5 Å². The second-order valence-electron chi connectivity index (χ2n) is 4.61. The van der Waals surface area contributed by atoms with Crippen molar-refractivity contribution in [2.75, 3.05) is 13.7 Å². The van der Waals surface area contributed by atoms with Gasteiger partial charge in [-0.3, -0.25) is 4.79 Å². The van der Waals surface area contributed by atoms with E-state index in [0.717, 1.165) is 0 Å². The van der Waals surface area contributed by atoms with Crippen LogP contribution in [0.3, 0.4) is 0 Å². The fraction of sp³-hybridized carbons (Fsp3) is 0.200. The summed E-state index contributed by atoms with van der Waals surface area (Å²) in [6, 6.07) is 2.85. The molecule has 0 saturated carbocycles. The van der Waals surface area contributed by atoms with Crippen LogP contribution in [0.25, 0.3) is 21.9 Å². The van der Waals surface area contributed by atoms with Gasteiger partial charge < -0.3 is 28.2 Å². The van der Waals surface area contributed by atoms with E-state index < -0.39 is 12.6 Å². The summed E-state index contributed by atoms with van der Waals surface area (Å²) in [5, 5.41) is 11.2. The predicted octanol–water partition coefficient (Wildman–Crippen LogP) is -2.01. The number of fused-ring (bicyclic) bond motifs is 2. The van der Waals surface area contributed by atoms with E-state index in [-0.39, 0.29) is 57.5 Å². The van der Waals surface area contributed by atoms with Crippen molar-refractivity contribution in [1.29, 1.82) is 0 Å². The van der Waals surface area contributed by atoms with Crippen molar-refractivity contribution in [2.24, 2.45) is 0 Å². The molecule has 23 heavy (non-hydrogen) atoms. The molecule has 3 rings (SSSR count). The minimum Gasteiger partial charge on any atom is -0.546 e. The Morgan fingerprint density at radius 2 is 2.04 bits per heavy atom. The molecule has 2 aromatic heterocycles. The number of aliphatic carboxylic acids is 1. The first kappa shape index (κ1) is 17.4. The standard InChI is InChI=1S/C15H12O7.Na/c1-7-5-9(16)11-12(21-6-10(17)18)8-3-4-20-13(8)15(19-2)14(11)22-7;/h3-5H,6H2,1-2H3,(H,17,18);/q;+1/p-1. The van der Waals surface area contributed by atoms with Gasteiger partial charge in [-0.2, -0.15) is 0 Å². The third-order valence-electron chi connectivity index (χ3n) is 3.16. The zero-order chi connectivity index (χ0) is 15.9. The van der Waals surface area contributed by atoms with E-state index in [2.05, 4.69) is 0 Å². The van der Waals surface area contributed by atoms with Crippen LogP contribution in [0, 0.1) is 6.92 Å². The van der Waals surface area contributed by atoms with Crippen LogP contribution in [-0.4, -0.2) is 19.7 Å². The molecule has 0 unspecified atom stereocenters. The SMILES string of the molecule is COc1c2occc2c(OCC(=O)[O-])c2c(=O)cc(C)oc12.[Na+]. The van der Waals surface area contributed by atoms with Gasteiger partial charge in [0.1, 0.15) is 23.5 Å². The van der Waals surface area contributed by atoms with Crippen LogP contribution in [-0.2, 0) is 4.79 Å². The van der Waals surface area contributed by atoms with Crippen molar-refractivity contribution < 1.29 is 57.8 Å². The molecule has 2 heterocycles. The maximum Gasteiger partial charge on any atom is 1.00 e. The molecular weight excluding hydrogens is 315 g/mol. The van der Waals surface area contributed by atoms with Crippen LogP contribution >= 0.6 is 0 Å². The van der Waals surface area contributed by atoms with Gasteiger partial charge in [-0.05, 0) is 13.0 Å². The molecule has 0 bridgehead atoms. The van der Waals surface area contributed by atoms with Crippen LogP contribution in [0.2, 0.25) is 0 Å². The molecule has 3 aromatic rings. The number of carboxylic acids is 1. The maximum atomic E-state index is 12.3. The maximum absolute atomic E-state index is 12.3. The fourth-order valence-corrected chi connectivity index (χ4v) is 2.35. The quantitative estimate of drug-likeness (QED) is 0.510. The van der Waals surface area contributed by atoms with Crippen LogP contribution < -0.4 is 49.6 Å². The number of hydrogen-bond donors (Lipinski definition) is 0. The van der Waals surface area contributed by atoms with Gasteiger partial charge in [0, 0.05) is 6.07 Å². The van der Waals surface area contributed by atoms with E-state index in [1.54, 1.807) is 13.0 Å². The first-order chi connectivity index (χ1) is 10.5. The fourth-order valence-electron chi connectivity index (χ4n) is 2.35. The molecular formula is C15H11NaO7. The molecule has 0 N–H and O–H groups in total. The van der Waals surface area contributed by atoms with Gasteiger partial charge in [0.2, 0.25) is 5.75 Å². The summed E-state index contributed by atoms with van der Waals surface area (Å²) in [5.74, 6) is -0.709. The van der Waals surface area contributed by atoms with E-state index in [0.29, 0.717) is 16.7 Å². The average molecular weight is 326 g/mol. The summed E-state index contributed by atoms with van der Waals surface area (Å²) in [6.45, 7) is 0.920. The molecule has 1 aromatic carbocycles. The number of methoxy groups -OCH3 is 1. The Balaban J connectivity index is 0.00000192. The summed E-state index contributed by atoms with van der Waals surface area (Å²) < 4.78 is 21.4. The van der Waals surface area contributed by atoms with Gasteiger partial charge in [-0.1, -0.05) is 0 Å². The third-order valence-corrected chi connectivity index (χ3v) is 3.16. The molecule has 0 amide bonds. The normalized spacial score (nSPS) is 10.5. The minimum atomic E-state index is -1.41. The van der Waals surface area contributed by atoms with E-state index in [9.17, 15) is 14.7 Å². The first-order valence-electron chi connectivity index (χ1n) is 6.37. The van der Waals surface area contributed by atoms with Crippen LogP contribution in [0.15, 0.2) is 32.0 Å². The molecule has 0 aliphatic rings. The zero-order valence-corrected chi connectivity index (χ0v) is 14.8. The molecule has 0 aliphatic heterocycles. The Hall–Kier alpha value is -1.96.